The number of pyridine rings is 1. The first kappa shape index (κ1) is 27.7. The molecule has 8 heteroatoms. The number of esters is 1. The zero-order chi connectivity index (χ0) is 28.9. The Balaban J connectivity index is 1.49. The fraction of sp³-hybridized carbons (Fsp3) is 0.242. The lowest BCUT2D eigenvalue weighted by molar-refractivity contribution is -0.121. The van der Waals surface area contributed by atoms with Crippen LogP contribution in [-0.2, 0) is 16.0 Å². The van der Waals surface area contributed by atoms with Gasteiger partial charge in [-0.15, -0.1) is 0 Å². The van der Waals surface area contributed by atoms with Crippen LogP contribution in [0.25, 0.3) is 22.6 Å². The number of carbonyl (C=O) groups is 2. The molecule has 3 aromatic carbocycles. The summed E-state index contributed by atoms with van der Waals surface area (Å²) in [5.74, 6) is 0.792. The van der Waals surface area contributed by atoms with Crippen molar-refractivity contribution >= 4 is 40.1 Å². The molecule has 1 aliphatic carbocycles. The molecule has 210 valence electrons. The first-order valence-electron chi connectivity index (χ1n) is 13.4. The molecule has 0 N–H and O–H groups in total. The van der Waals surface area contributed by atoms with E-state index in [1.165, 1.54) is 0 Å². The number of nitrogens with zero attached hydrogens (tertiary/aromatic N) is 2. The predicted molar refractivity (Wildman–Crippen MR) is 159 cm³/mol. The van der Waals surface area contributed by atoms with Crippen LogP contribution in [-0.4, -0.2) is 51.3 Å². The smallest absolute Gasteiger partial charge is 0.339 e. The lowest BCUT2D eigenvalue weighted by Gasteiger charge is -2.21. The first-order valence-corrected chi connectivity index (χ1v) is 13.4. The number of hydrogen-bond donors (Lipinski definition) is 0. The number of methoxy groups -OCH3 is 3. The number of aromatic nitrogens is 1. The van der Waals surface area contributed by atoms with E-state index in [0.29, 0.717) is 53.1 Å². The van der Waals surface area contributed by atoms with Crippen molar-refractivity contribution in [1.29, 1.82) is 0 Å². The SMILES string of the molecule is CCN(C(=O)COC(=O)c1c2c(nc3ccccc13)/C(=C\c1cc(OC)c(OC)c(OC)c1)CC2)c1ccccc1. The number of hydrogen-bond acceptors (Lipinski definition) is 7. The highest BCUT2D eigenvalue weighted by Crippen LogP contribution is 2.41. The molecule has 0 aliphatic heterocycles. The number of carbonyl (C=O) groups excluding carboxylic acids is 2. The van der Waals surface area contributed by atoms with E-state index in [1.807, 2.05) is 79.7 Å². The Morgan fingerprint density at radius 1 is 0.902 bits per heavy atom. The summed E-state index contributed by atoms with van der Waals surface area (Å²) in [6, 6.07) is 20.6. The third-order valence-electron chi connectivity index (χ3n) is 7.19. The van der Waals surface area contributed by atoms with Gasteiger partial charge >= 0.3 is 5.97 Å². The Hall–Kier alpha value is -4.85. The zero-order valence-electron chi connectivity index (χ0n) is 23.6. The molecular weight excluding hydrogens is 520 g/mol. The summed E-state index contributed by atoms with van der Waals surface area (Å²) < 4.78 is 22.1. The van der Waals surface area contributed by atoms with Gasteiger partial charge in [0.2, 0.25) is 5.75 Å². The summed E-state index contributed by atoms with van der Waals surface area (Å²) in [4.78, 5) is 33.1. The average Bonchev–Trinajstić information content (AvgIpc) is 3.40. The summed E-state index contributed by atoms with van der Waals surface area (Å²) in [6.07, 6.45) is 3.33. The fourth-order valence-corrected chi connectivity index (χ4v) is 5.29. The Morgan fingerprint density at radius 2 is 1.59 bits per heavy atom. The van der Waals surface area contributed by atoms with Gasteiger partial charge in [0.25, 0.3) is 5.91 Å². The lowest BCUT2D eigenvalue weighted by Crippen LogP contribution is -2.34. The maximum absolute atomic E-state index is 13.6. The third kappa shape index (κ3) is 5.45. The van der Waals surface area contributed by atoms with Gasteiger partial charge in [0.1, 0.15) is 0 Å². The molecular formula is C33H32N2O6. The molecule has 1 aromatic heterocycles. The van der Waals surface area contributed by atoms with Crippen molar-refractivity contribution in [3.63, 3.8) is 0 Å². The van der Waals surface area contributed by atoms with E-state index < -0.39 is 5.97 Å². The molecule has 0 spiro atoms. The summed E-state index contributed by atoms with van der Waals surface area (Å²) >= 11 is 0. The minimum atomic E-state index is -0.536. The van der Waals surface area contributed by atoms with E-state index in [-0.39, 0.29) is 12.5 Å². The highest BCUT2D eigenvalue weighted by atomic mass is 16.5. The van der Waals surface area contributed by atoms with Gasteiger partial charge in [0, 0.05) is 17.6 Å². The van der Waals surface area contributed by atoms with Gasteiger partial charge in [-0.25, -0.2) is 9.78 Å². The fourth-order valence-electron chi connectivity index (χ4n) is 5.29. The highest BCUT2D eigenvalue weighted by Gasteiger charge is 2.28. The number of rotatable bonds is 9. The largest absolute Gasteiger partial charge is 0.493 e. The molecule has 4 aromatic rings. The van der Waals surface area contributed by atoms with Crippen LogP contribution in [0.5, 0.6) is 17.2 Å². The Labute approximate surface area is 239 Å². The molecule has 1 aliphatic rings. The number of benzene rings is 3. The minimum Gasteiger partial charge on any atom is -0.493 e. The lowest BCUT2D eigenvalue weighted by atomic mass is 10.0. The zero-order valence-corrected chi connectivity index (χ0v) is 23.6. The van der Waals surface area contributed by atoms with Crippen molar-refractivity contribution in [2.24, 2.45) is 0 Å². The van der Waals surface area contributed by atoms with Crippen LogP contribution < -0.4 is 19.1 Å². The van der Waals surface area contributed by atoms with Gasteiger partial charge in [-0.05, 0) is 72.9 Å². The van der Waals surface area contributed by atoms with Crippen LogP contribution in [0.1, 0.15) is 40.5 Å². The molecule has 0 radical (unpaired) electrons. The molecule has 8 nitrogen and oxygen atoms in total. The molecule has 0 unspecified atom stereocenters. The minimum absolute atomic E-state index is 0.287. The molecule has 0 fully saturated rings. The first-order chi connectivity index (χ1) is 20.0. The van der Waals surface area contributed by atoms with E-state index >= 15 is 0 Å². The predicted octanol–water partition coefficient (Wildman–Crippen LogP) is 5.96. The number of ether oxygens (including phenoxy) is 4. The van der Waals surface area contributed by atoms with Crippen molar-refractivity contribution in [1.82, 2.24) is 4.98 Å². The number of amides is 1. The third-order valence-corrected chi connectivity index (χ3v) is 7.19. The molecule has 41 heavy (non-hydrogen) atoms. The van der Waals surface area contributed by atoms with Crippen molar-refractivity contribution in [3.05, 3.63) is 89.1 Å². The van der Waals surface area contributed by atoms with Crippen LogP contribution in [0.15, 0.2) is 66.7 Å². The van der Waals surface area contributed by atoms with Crippen LogP contribution in [0, 0.1) is 0 Å². The van der Waals surface area contributed by atoms with E-state index in [4.69, 9.17) is 23.9 Å². The van der Waals surface area contributed by atoms with Crippen molar-refractivity contribution in [3.8, 4) is 17.2 Å². The molecule has 0 atom stereocenters. The summed E-state index contributed by atoms with van der Waals surface area (Å²) in [7, 11) is 4.72. The summed E-state index contributed by atoms with van der Waals surface area (Å²) in [5, 5.41) is 0.702. The second-order valence-electron chi connectivity index (χ2n) is 9.51. The monoisotopic (exact) mass is 552 g/mol. The van der Waals surface area contributed by atoms with Crippen LogP contribution in [0.3, 0.4) is 0 Å². The van der Waals surface area contributed by atoms with Gasteiger partial charge in [0.15, 0.2) is 18.1 Å². The van der Waals surface area contributed by atoms with Crippen molar-refractivity contribution in [2.75, 3.05) is 39.4 Å². The average molecular weight is 553 g/mol. The van der Waals surface area contributed by atoms with Crippen LogP contribution in [0.2, 0.25) is 0 Å². The summed E-state index contributed by atoms with van der Waals surface area (Å²) in [5.41, 5.74) is 5.29. The van der Waals surface area contributed by atoms with E-state index in [2.05, 4.69) is 0 Å². The quantitative estimate of drug-likeness (QED) is 0.237. The number of anilines is 1. The molecule has 0 saturated heterocycles. The topological polar surface area (TPSA) is 87.2 Å². The van der Waals surface area contributed by atoms with Gasteiger partial charge < -0.3 is 23.8 Å². The molecule has 1 heterocycles. The number of allylic oxidation sites excluding steroid dienone is 1. The molecule has 0 bridgehead atoms. The summed E-state index contributed by atoms with van der Waals surface area (Å²) in [6.45, 7) is 1.99. The maximum Gasteiger partial charge on any atom is 0.339 e. The van der Waals surface area contributed by atoms with E-state index in [9.17, 15) is 9.59 Å². The van der Waals surface area contributed by atoms with Crippen LogP contribution >= 0.6 is 0 Å². The molecule has 1 amide bonds. The Morgan fingerprint density at radius 3 is 2.24 bits per heavy atom. The normalized spacial score (nSPS) is 13.1. The Kier molecular flexibility index (Phi) is 8.19. The molecule has 5 rings (SSSR count). The number of para-hydroxylation sites is 2. The second-order valence-corrected chi connectivity index (χ2v) is 9.51. The van der Waals surface area contributed by atoms with Crippen molar-refractivity contribution in [2.45, 2.75) is 19.8 Å². The van der Waals surface area contributed by atoms with E-state index in [1.54, 1.807) is 26.2 Å². The van der Waals surface area contributed by atoms with Crippen molar-refractivity contribution < 1.29 is 28.5 Å². The standard InChI is InChI=1S/C33H32N2O6/c1-5-35(23-11-7-6-8-12-23)29(36)20-41-33(37)30-24-13-9-10-14-26(24)34-31-22(15-16-25(30)31)17-21-18-27(38-2)32(40-4)28(19-21)39-3/h6-14,17-19H,5,15-16,20H2,1-4H3/b22-17-. The second kappa shape index (κ2) is 12.1. The van der Waals surface area contributed by atoms with Crippen LogP contribution in [0.4, 0.5) is 5.69 Å². The molecule has 0 saturated carbocycles. The Bertz CT molecular complexity index is 1610. The van der Waals surface area contributed by atoms with Gasteiger partial charge in [-0.2, -0.15) is 0 Å². The number of likely N-dealkylation sites (N-methyl/N-ethyl adjacent to an activating group) is 1. The van der Waals surface area contributed by atoms with Gasteiger partial charge in [-0.3, -0.25) is 4.79 Å². The number of fused-ring (bicyclic) bond motifs is 2. The highest BCUT2D eigenvalue weighted by molar-refractivity contribution is 6.08. The van der Waals surface area contributed by atoms with E-state index in [0.717, 1.165) is 28.1 Å². The maximum atomic E-state index is 13.6. The van der Waals surface area contributed by atoms with Gasteiger partial charge in [0.05, 0.1) is 38.1 Å². The van der Waals surface area contributed by atoms with Gasteiger partial charge in [-0.1, -0.05) is 36.4 Å².